The van der Waals surface area contributed by atoms with Crippen molar-refractivity contribution in [3.05, 3.63) is 11.9 Å². The van der Waals surface area contributed by atoms with Crippen LogP contribution in [0.3, 0.4) is 0 Å². The summed E-state index contributed by atoms with van der Waals surface area (Å²) in [6, 6.07) is 0. The first-order chi connectivity index (χ1) is 9.70. The van der Waals surface area contributed by atoms with E-state index in [0.717, 1.165) is 18.2 Å². The summed E-state index contributed by atoms with van der Waals surface area (Å²) in [5, 5.41) is 6.61. The average molecular weight is 296 g/mol. The molecule has 20 heavy (non-hydrogen) atoms. The van der Waals surface area contributed by atoms with E-state index in [0.29, 0.717) is 5.92 Å². The van der Waals surface area contributed by atoms with Gasteiger partial charge < -0.3 is 10.6 Å². The number of unbranched alkanes of at least 4 members (excludes halogenated alkanes) is 3. The summed E-state index contributed by atoms with van der Waals surface area (Å²) in [5.74, 6) is 3.59. The molecule has 0 saturated heterocycles. The molecule has 0 aromatic carbocycles. The Labute approximate surface area is 127 Å². The monoisotopic (exact) mass is 296 g/mol. The third-order valence-corrected chi connectivity index (χ3v) is 3.96. The smallest absolute Gasteiger partial charge is 0.134 e. The Kier molecular flexibility index (Phi) is 8.42. The lowest BCUT2D eigenvalue weighted by Gasteiger charge is -2.16. The molecule has 5 heteroatoms. The van der Waals surface area contributed by atoms with E-state index in [-0.39, 0.29) is 0 Å². The molecule has 1 aromatic rings. The minimum Gasteiger partial charge on any atom is -0.373 e. The van der Waals surface area contributed by atoms with Crippen LogP contribution in [0.25, 0.3) is 0 Å². The van der Waals surface area contributed by atoms with Gasteiger partial charge in [0.25, 0.3) is 0 Å². The summed E-state index contributed by atoms with van der Waals surface area (Å²) in [7, 11) is 1.91. The van der Waals surface area contributed by atoms with Gasteiger partial charge in [-0.1, -0.05) is 26.7 Å². The zero-order valence-corrected chi connectivity index (χ0v) is 14.0. The highest BCUT2D eigenvalue weighted by molar-refractivity contribution is 7.98. The van der Waals surface area contributed by atoms with Crippen molar-refractivity contribution in [1.29, 1.82) is 0 Å². The van der Waals surface area contributed by atoms with Crippen molar-refractivity contribution < 1.29 is 0 Å². The Balaban J connectivity index is 2.43. The van der Waals surface area contributed by atoms with E-state index in [1.165, 1.54) is 37.0 Å². The Morgan fingerprint density at radius 3 is 2.45 bits per heavy atom. The molecular weight excluding hydrogens is 268 g/mol. The van der Waals surface area contributed by atoms with Crippen LogP contribution in [0.4, 0.5) is 11.6 Å². The zero-order chi connectivity index (χ0) is 14.8. The van der Waals surface area contributed by atoms with Crippen LogP contribution < -0.4 is 10.6 Å². The Bertz CT molecular complexity index is 382. The van der Waals surface area contributed by atoms with E-state index in [2.05, 4.69) is 40.7 Å². The van der Waals surface area contributed by atoms with Gasteiger partial charge >= 0.3 is 0 Å². The van der Waals surface area contributed by atoms with Crippen LogP contribution in [-0.2, 0) is 0 Å². The van der Waals surface area contributed by atoms with Gasteiger partial charge in [-0.2, -0.15) is 11.8 Å². The lowest BCUT2D eigenvalue weighted by Crippen LogP contribution is -2.10. The molecule has 0 aliphatic carbocycles. The molecule has 4 nitrogen and oxygen atoms in total. The summed E-state index contributed by atoms with van der Waals surface area (Å²) >= 11 is 1.93. The summed E-state index contributed by atoms with van der Waals surface area (Å²) < 4.78 is 0. The highest BCUT2D eigenvalue weighted by atomic mass is 32.2. The van der Waals surface area contributed by atoms with Crippen molar-refractivity contribution in [2.75, 3.05) is 36.2 Å². The first-order valence-corrected chi connectivity index (χ1v) is 8.85. The summed E-state index contributed by atoms with van der Waals surface area (Å²) in [4.78, 5) is 8.68. The minimum atomic E-state index is 0.405. The second-order valence-electron chi connectivity index (χ2n) is 5.22. The van der Waals surface area contributed by atoms with Crippen LogP contribution in [0, 0.1) is 0 Å². The minimum absolute atomic E-state index is 0.405. The van der Waals surface area contributed by atoms with E-state index in [4.69, 9.17) is 0 Å². The normalized spacial score (nSPS) is 10.8. The van der Waals surface area contributed by atoms with E-state index in [1.54, 1.807) is 6.33 Å². The van der Waals surface area contributed by atoms with Gasteiger partial charge in [0.15, 0.2) is 0 Å². The van der Waals surface area contributed by atoms with Gasteiger partial charge in [-0.3, -0.25) is 0 Å². The highest BCUT2D eigenvalue weighted by Crippen LogP contribution is 2.27. The molecule has 0 saturated carbocycles. The van der Waals surface area contributed by atoms with Gasteiger partial charge in [-0.25, -0.2) is 9.97 Å². The first kappa shape index (κ1) is 17.1. The maximum Gasteiger partial charge on any atom is 0.134 e. The van der Waals surface area contributed by atoms with Gasteiger partial charge in [0.05, 0.1) is 0 Å². The molecule has 0 radical (unpaired) electrons. The summed E-state index contributed by atoms with van der Waals surface area (Å²) in [6.07, 6.45) is 8.93. The van der Waals surface area contributed by atoms with Crippen molar-refractivity contribution >= 4 is 23.4 Å². The average Bonchev–Trinajstić information content (AvgIpc) is 2.45. The molecule has 0 fully saturated rings. The van der Waals surface area contributed by atoms with Gasteiger partial charge in [0.1, 0.15) is 18.0 Å². The standard InChI is InChI=1S/C15H28N4S/c1-12(2)13-14(16-3)18-11-19-15(13)17-9-7-5-6-8-10-20-4/h11-12H,5-10H2,1-4H3,(H2,16,17,18,19). The molecule has 0 amide bonds. The van der Waals surface area contributed by atoms with Gasteiger partial charge in [0.2, 0.25) is 0 Å². The molecule has 2 N–H and O–H groups in total. The maximum absolute atomic E-state index is 4.39. The molecule has 0 aliphatic heterocycles. The van der Waals surface area contributed by atoms with Gasteiger partial charge in [-0.05, 0) is 30.8 Å². The third-order valence-electron chi connectivity index (χ3n) is 3.27. The van der Waals surface area contributed by atoms with Crippen LogP contribution in [0.15, 0.2) is 6.33 Å². The molecule has 0 atom stereocenters. The molecule has 1 heterocycles. The third kappa shape index (κ3) is 5.57. The van der Waals surface area contributed by atoms with Crippen LogP contribution in [0.2, 0.25) is 0 Å². The number of hydrogen-bond acceptors (Lipinski definition) is 5. The Hall–Kier alpha value is -0.970. The summed E-state index contributed by atoms with van der Waals surface area (Å²) in [6.45, 7) is 5.33. The quantitative estimate of drug-likeness (QED) is 0.640. The molecule has 1 aromatic heterocycles. The fourth-order valence-electron chi connectivity index (χ4n) is 2.21. The molecule has 0 aliphatic rings. The number of rotatable bonds is 10. The van der Waals surface area contributed by atoms with Crippen molar-refractivity contribution in [3.8, 4) is 0 Å². The van der Waals surface area contributed by atoms with E-state index >= 15 is 0 Å². The molecule has 0 bridgehead atoms. The fraction of sp³-hybridized carbons (Fsp3) is 0.733. The number of nitrogens with one attached hydrogen (secondary N) is 2. The SMILES string of the molecule is CNc1ncnc(NCCCCCCSC)c1C(C)C. The number of hydrogen-bond donors (Lipinski definition) is 2. The number of aromatic nitrogens is 2. The molecule has 114 valence electrons. The van der Waals surface area contributed by atoms with Crippen LogP contribution in [0.1, 0.15) is 51.0 Å². The second kappa shape index (κ2) is 9.86. The Morgan fingerprint density at radius 2 is 1.80 bits per heavy atom. The number of nitrogens with zero attached hydrogens (tertiary/aromatic N) is 2. The predicted molar refractivity (Wildman–Crippen MR) is 91.0 cm³/mol. The number of thioether (sulfide) groups is 1. The van der Waals surface area contributed by atoms with Crippen molar-refractivity contribution in [2.45, 2.75) is 45.4 Å². The zero-order valence-electron chi connectivity index (χ0n) is 13.2. The van der Waals surface area contributed by atoms with E-state index < -0.39 is 0 Å². The maximum atomic E-state index is 4.39. The molecule has 0 spiro atoms. The van der Waals surface area contributed by atoms with Gasteiger partial charge in [-0.15, -0.1) is 0 Å². The second-order valence-corrected chi connectivity index (χ2v) is 6.21. The van der Waals surface area contributed by atoms with Crippen molar-refractivity contribution in [3.63, 3.8) is 0 Å². The van der Waals surface area contributed by atoms with Crippen LogP contribution in [-0.4, -0.2) is 35.6 Å². The molecule has 1 rings (SSSR count). The first-order valence-electron chi connectivity index (χ1n) is 7.46. The van der Waals surface area contributed by atoms with Crippen LogP contribution in [0.5, 0.6) is 0 Å². The largest absolute Gasteiger partial charge is 0.373 e. The molecule has 0 unspecified atom stereocenters. The van der Waals surface area contributed by atoms with Crippen molar-refractivity contribution in [1.82, 2.24) is 9.97 Å². The summed E-state index contributed by atoms with van der Waals surface area (Å²) in [5.41, 5.74) is 1.18. The predicted octanol–water partition coefficient (Wildman–Crippen LogP) is 3.98. The van der Waals surface area contributed by atoms with Crippen molar-refractivity contribution in [2.24, 2.45) is 0 Å². The van der Waals surface area contributed by atoms with E-state index in [1.807, 2.05) is 18.8 Å². The van der Waals surface area contributed by atoms with Crippen LogP contribution >= 0.6 is 11.8 Å². The molecular formula is C15H28N4S. The lowest BCUT2D eigenvalue weighted by molar-refractivity contribution is 0.687. The topological polar surface area (TPSA) is 49.8 Å². The van der Waals surface area contributed by atoms with Gasteiger partial charge in [0, 0.05) is 19.2 Å². The lowest BCUT2D eigenvalue weighted by atomic mass is 10.0. The number of anilines is 2. The fourth-order valence-corrected chi connectivity index (χ4v) is 2.71. The highest BCUT2D eigenvalue weighted by Gasteiger charge is 2.13. The van der Waals surface area contributed by atoms with E-state index in [9.17, 15) is 0 Å². The Morgan fingerprint density at radius 1 is 1.10 bits per heavy atom.